The Morgan fingerprint density at radius 3 is 2.57 bits per heavy atom. The summed E-state index contributed by atoms with van der Waals surface area (Å²) in [4.78, 5) is 0. The average Bonchev–Trinajstić information content (AvgIpc) is 2.49. The van der Waals surface area contributed by atoms with Crippen LogP contribution in [0.3, 0.4) is 0 Å². The number of benzene rings is 2. The average molecular weight is 308 g/mol. The minimum atomic E-state index is -0.219. The van der Waals surface area contributed by atoms with Gasteiger partial charge in [0.1, 0.15) is 11.6 Å². The maximum absolute atomic E-state index is 13.2. The molecule has 2 aromatic rings. The van der Waals surface area contributed by atoms with Crippen molar-refractivity contribution in [3.63, 3.8) is 0 Å². The fourth-order valence-electron chi connectivity index (χ4n) is 2.23. The molecule has 0 radical (unpaired) electrons. The predicted octanol–water partition coefficient (Wildman–Crippen LogP) is 4.38. The van der Waals surface area contributed by atoms with E-state index >= 15 is 0 Å². The molecule has 0 heterocycles. The van der Waals surface area contributed by atoms with Gasteiger partial charge in [0.05, 0.1) is 6.61 Å². The lowest BCUT2D eigenvalue weighted by Gasteiger charge is -2.15. The standard InChI is InChI=1S/C17H19ClFNO/c18-15-6-8-17(9-7-15)21-10-2-4-14(12-20)13-3-1-5-16(19)11-13/h1,3,5-9,11,14H,2,4,10,12,20H2. The zero-order valence-electron chi connectivity index (χ0n) is 11.8. The van der Waals surface area contributed by atoms with Gasteiger partial charge >= 0.3 is 0 Å². The van der Waals surface area contributed by atoms with Gasteiger partial charge in [0.2, 0.25) is 0 Å². The van der Waals surface area contributed by atoms with Gasteiger partial charge in [0, 0.05) is 5.02 Å². The lowest BCUT2D eigenvalue weighted by Crippen LogP contribution is -2.14. The lowest BCUT2D eigenvalue weighted by atomic mass is 9.94. The summed E-state index contributed by atoms with van der Waals surface area (Å²) in [5, 5.41) is 0.691. The molecule has 1 unspecified atom stereocenters. The van der Waals surface area contributed by atoms with E-state index in [1.165, 1.54) is 6.07 Å². The Hall–Kier alpha value is -1.58. The Morgan fingerprint density at radius 1 is 1.14 bits per heavy atom. The van der Waals surface area contributed by atoms with Crippen LogP contribution in [-0.2, 0) is 0 Å². The van der Waals surface area contributed by atoms with Crippen LogP contribution in [0.1, 0.15) is 24.3 Å². The first-order chi connectivity index (χ1) is 10.2. The van der Waals surface area contributed by atoms with Crippen molar-refractivity contribution in [2.75, 3.05) is 13.2 Å². The molecule has 2 aromatic carbocycles. The highest BCUT2D eigenvalue weighted by Gasteiger charge is 2.10. The van der Waals surface area contributed by atoms with Crippen molar-refractivity contribution in [3.8, 4) is 5.75 Å². The van der Waals surface area contributed by atoms with E-state index in [4.69, 9.17) is 22.1 Å². The third-order valence-corrected chi connectivity index (χ3v) is 3.64. The van der Waals surface area contributed by atoms with Crippen molar-refractivity contribution in [2.24, 2.45) is 5.73 Å². The molecule has 2 nitrogen and oxygen atoms in total. The number of halogens is 2. The van der Waals surface area contributed by atoms with Crippen LogP contribution in [0.25, 0.3) is 0 Å². The van der Waals surface area contributed by atoms with E-state index in [1.807, 2.05) is 18.2 Å². The Labute approximate surface area is 129 Å². The van der Waals surface area contributed by atoms with Crippen molar-refractivity contribution < 1.29 is 9.13 Å². The zero-order valence-corrected chi connectivity index (χ0v) is 12.5. The number of hydrogen-bond donors (Lipinski definition) is 1. The van der Waals surface area contributed by atoms with E-state index < -0.39 is 0 Å². The van der Waals surface area contributed by atoms with Gasteiger partial charge in [0.15, 0.2) is 0 Å². The summed E-state index contributed by atoms with van der Waals surface area (Å²) in [5.74, 6) is 0.743. The van der Waals surface area contributed by atoms with Crippen LogP contribution in [-0.4, -0.2) is 13.2 Å². The van der Waals surface area contributed by atoms with Crippen molar-refractivity contribution in [1.82, 2.24) is 0 Å². The van der Waals surface area contributed by atoms with Gasteiger partial charge in [-0.05, 0) is 67.3 Å². The van der Waals surface area contributed by atoms with E-state index in [-0.39, 0.29) is 11.7 Å². The molecule has 21 heavy (non-hydrogen) atoms. The number of hydrogen-bond acceptors (Lipinski definition) is 2. The third-order valence-electron chi connectivity index (χ3n) is 3.38. The SMILES string of the molecule is NCC(CCCOc1ccc(Cl)cc1)c1cccc(F)c1. The largest absolute Gasteiger partial charge is 0.494 e. The molecular weight excluding hydrogens is 289 g/mol. The molecule has 0 saturated carbocycles. The van der Waals surface area contributed by atoms with Gasteiger partial charge in [-0.2, -0.15) is 0 Å². The van der Waals surface area contributed by atoms with Crippen molar-refractivity contribution in [2.45, 2.75) is 18.8 Å². The molecule has 0 aliphatic heterocycles. The van der Waals surface area contributed by atoms with Gasteiger partial charge in [-0.15, -0.1) is 0 Å². The fourth-order valence-corrected chi connectivity index (χ4v) is 2.36. The fraction of sp³-hybridized carbons (Fsp3) is 0.294. The summed E-state index contributed by atoms with van der Waals surface area (Å²) in [6, 6.07) is 13.9. The molecule has 0 fully saturated rings. The summed E-state index contributed by atoms with van der Waals surface area (Å²) in [7, 11) is 0. The van der Waals surface area contributed by atoms with Crippen LogP contribution in [0, 0.1) is 5.82 Å². The highest BCUT2D eigenvalue weighted by atomic mass is 35.5. The van der Waals surface area contributed by atoms with Gasteiger partial charge in [-0.25, -0.2) is 4.39 Å². The highest BCUT2D eigenvalue weighted by Crippen LogP contribution is 2.21. The van der Waals surface area contributed by atoms with E-state index in [0.717, 1.165) is 24.2 Å². The van der Waals surface area contributed by atoms with Crippen LogP contribution >= 0.6 is 11.6 Å². The van der Waals surface area contributed by atoms with Crippen LogP contribution in [0.4, 0.5) is 4.39 Å². The Balaban J connectivity index is 1.80. The van der Waals surface area contributed by atoms with E-state index in [1.54, 1.807) is 24.3 Å². The Morgan fingerprint density at radius 2 is 1.90 bits per heavy atom. The normalized spacial score (nSPS) is 12.1. The molecule has 0 aliphatic carbocycles. The molecule has 0 amide bonds. The third kappa shape index (κ3) is 5.03. The molecule has 2 rings (SSSR count). The van der Waals surface area contributed by atoms with Gasteiger partial charge in [-0.1, -0.05) is 23.7 Å². The van der Waals surface area contributed by atoms with Crippen molar-refractivity contribution in [1.29, 1.82) is 0 Å². The molecule has 1 atom stereocenters. The maximum Gasteiger partial charge on any atom is 0.123 e. The molecule has 0 bridgehead atoms. The molecular formula is C17H19ClFNO. The van der Waals surface area contributed by atoms with Crippen LogP contribution in [0.2, 0.25) is 5.02 Å². The number of nitrogens with two attached hydrogens (primary N) is 1. The topological polar surface area (TPSA) is 35.2 Å². The second-order valence-corrected chi connectivity index (χ2v) is 5.37. The Kier molecular flexibility index (Phi) is 6.03. The summed E-state index contributed by atoms with van der Waals surface area (Å²) in [5.41, 5.74) is 6.74. The second-order valence-electron chi connectivity index (χ2n) is 4.93. The number of ether oxygens (including phenoxy) is 1. The molecule has 0 aromatic heterocycles. The first kappa shape index (κ1) is 15.8. The second kappa shape index (κ2) is 8.01. The highest BCUT2D eigenvalue weighted by molar-refractivity contribution is 6.30. The monoisotopic (exact) mass is 307 g/mol. The Bertz CT molecular complexity index is 559. The van der Waals surface area contributed by atoms with Crippen LogP contribution in [0.5, 0.6) is 5.75 Å². The summed E-state index contributed by atoms with van der Waals surface area (Å²) < 4.78 is 18.9. The number of rotatable bonds is 7. The molecule has 112 valence electrons. The van der Waals surface area contributed by atoms with Crippen LogP contribution < -0.4 is 10.5 Å². The lowest BCUT2D eigenvalue weighted by molar-refractivity contribution is 0.301. The van der Waals surface area contributed by atoms with Crippen molar-refractivity contribution in [3.05, 3.63) is 64.9 Å². The molecule has 0 aliphatic rings. The predicted molar refractivity (Wildman–Crippen MR) is 84.4 cm³/mol. The van der Waals surface area contributed by atoms with Crippen LogP contribution in [0.15, 0.2) is 48.5 Å². The van der Waals surface area contributed by atoms with Gasteiger partial charge in [-0.3, -0.25) is 0 Å². The van der Waals surface area contributed by atoms with E-state index in [2.05, 4.69) is 0 Å². The van der Waals surface area contributed by atoms with Gasteiger partial charge in [0.25, 0.3) is 0 Å². The molecule has 0 saturated heterocycles. The minimum absolute atomic E-state index is 0.162. The van der Waals surface area contributed by atoms with Crippen molar-refractivity contribution >= 4 is 11.6 Å². The molecule has 2 N–H and O–H groups in total. The first-order valence-electron chi connectivity index (χ1n) is 7.03. The van der Waals surface area contributed by atoms with E-state index in [9.17, 15) is 4.39 Å². The quantitative estimate of drug-likeness (QED) is 0.770. The molecule has 4 heteroatoms. The first-order valence-corrected chi connectivity index (χ1v) is 7.40. The molecule has 0 spiro atoms. The van der Waals surface area contributed by atoms with E-state index in [0.29, 0.717) is 18.2 Å². The minimum Gasteiger partial charge on any atom is -0.494 e. The summed E-state index contributed by atoms with van der Waals surface area (Å²) in [6.07, 6.45) is 1.73. The van der Waals surface area contributed by atoms with Gasteiger partial charge < -0.3 is 10.5 Å². The zero-order chi connectivity index (χ0) is 15.1. The summed E-state index contributed by atoms with van der Waals surface area (Å²) >= 11 is 5.81. The smallest absolute Gasteiger partial charge is 0.123 e. The maximum atomic E-state index is 13.2. The summed E-state index contributed by atoms with van der Waals surface area (Å²) in [6.45, 7) is 1.11.